The highest BCUT2D eigenvalue weighted by molar-refractivity contribution is 5.74. The van der Waals surface area contributed by atoms with Crippen LogP contribution in [-0.2, 0) is 7.05 Å². The molecule has 8 nitrogen and oxygen atoms in total. The van der Waals surface area contributed by atoms with E-state index in [2.05, 4.69) is 15.1 Å². The zero-order chi connectivity index (χ0) is 18.4. The standard InChI is InChI=1S/C16H17F2N7O/c1-23-14-10(8-20-23)15(26)22-16(21-14)25-4-2-24(3-5-25)13-11(17)6-9(19)7-12(13)18/h6-8H,2-5,19H2,1H3,(H,21,22,26). The molecule has 1 fully saturated rings. The zero-order valence-electron chi connectivity index (χ0n) is 14.0. The summed E-state index contributed by atoms with van der Waals surface area (Å²) < 4.78 is 29.7. The minimum atomic E-state index is -0.682. The first kappa shape index (κ1) is 16.3. The molecular weight excluding hydrogens is 344 g/mol. The highest BCUT2D eigenvalue weighted by atomic mass is 19.1. The van der Waals surface area contributed by atoms with Crippen molar-refractivity contribution in [2.75, 3.05) is 41.7 Å². The summed E-state index contributed by atoms with van der Waals surface area (Å²) in [5, 5.41) is 4.45. The molecule has 2 aromatic heterocycles. The molecule has 10 heteroatoms. The minimum absolute atomic E-state index is 0.0497. The number of anilines is 3. The number of aromatic amines is 1. The first-order chi connectivity index (χ1) is 12.4. The van der Waals surface area contributed by atoms with E-state index in [9.17, 15) is 13.6 Å². The van der Waals surface area contributed by atoms with Gasteiger partial charge in [-0.15, -0.1) is 0 Å². The van der Waals surface area contributed by atoms with Crippen molar-refractivity contribution in [3.8, 4) is 0 Å². The van der Waals surface area contributed by atoms with E-state index >= 15 is 0 Å². The van der Waals surface area contributed by atoms with E-state index in [1.807, 2.05) is 4.90 Å². The smallest absolute Gasteiger partial charge is 0.263 e. The number of nitrogens with zero attached hydrogens (tertiary/aromatic N) is 5. The van der Waals surface area contributed by atoms with Gasteiger partial charge in [0.2, 0.25) is 5.95 Å². The average Bonchev–Trinajstić information content (AvgIpc) is 2.96. The Bertz CT molecular complexity index is 1010. The summed E-state index contributed by atoms with van der Waals surface area (Å²) >= 11 is 0. The van der Waals surface area contributed by atoms with Gasteiger partial charge in [0.1, 0.15) is 11.1 Å². The first-order valence-electron chi connectivity index (χ1n) is 8.10. The van der Waals surface area contributed by atoms with E-state index in [4.69, 9.17) is 5.73 Å². The molecule has 3 heterocycles. The Morgan fingerprint density at radius 2 is 1.73 bits per heavy atom. The number of rotatable bonds is 2. The second-order valence-electron chi connectivity index (χ2n) is 6.20. The van der Waals surface area contributed by atoms with Crippen molar-refractivity contribution in [1.82, 2.24) is 19.7 Å². The van der Waals surface area contributed by atoms with Crippen LogP contribution in [0, 0.1) is 11.6 Å². The topological polar surface area (TPSA) is 96.1 Å². The van der Waals surface area contributed by atoms with Gasteiger partial charge in [0, 0.05) is 38.9 Å². The van der Waals surface area contributed by atoms with Gasteiger partial charge in [-0.3, -0.25) is 14.5 Å². The Labute approximate surface area is 146 Å². The number of aromatic nitrogens is 4. The average molecular weight is 361 g/mol. The summed E-state index contributed by atoms with van der Waals surface area (Å²) in [5.41, 5.74) is 5.65. The van der Waals surface area contributed by atoms with Crippen molar-refractivity contribution >= 4 is 28.4 Å². The van der Waals surface area contributed by atoms with Crippen LogP contribution in [0.2, 0.25) is 0 Å². The SMILES string of the molecule is Cn1ncc2c(=O)[nH]c(N3CCN(c4c(F)cc(N)cc4F)CC3)nc21. The third kappa shape index (κ3) is 2.63. The Morgan fingerprint density at radius 1 is 1.12 bits per heavy atom. The van der Waals surface area contributed by atoms with Gasteiger partial charge in [0.05, 0.1) is 6.20 Å². The maximum Gasteiger partial charge on any atom is 0.263 e. The summed E-state index contributed by atoms with van der Waals surface area (Å²) in [6, 6.07) is 2.22. The third-order valence-electron chi connectivity index (χ3n) is 4.52. The number of halogens is 2. The van der Waals surface area contributed by atoms with Crippen LogP contribution in [0.3, 0.4) is 0 Å². The Hall–Kier alpha value is -3.17. The molecule has 4 rings (SSSR count). The molecule has 136 valence electrons. The fourth-order valence-electron chi connectivity index (χ4n) is 3.20. The zero-order valence-corrected chi connectivity index (χ0v) is 14.0. The number of hydrogen-bond donors (Lipinski definition) is 2. The van der Waals surface area contributed by atoms with Crippen LogP contribution >= 0.6 is 0 Å². The lowest BCUT2D eigenvalue weighted by atomic mass is 10.2. The summed E-state index contributed by atoms with van der Waals surface area (Å²) in [6.45, 7) is 1.67. The van der Waals surface area contributed by atoms with Crippen molar-refractivity contribution in [1.29, 1.82) is 0 Å². The molecule has 26 heavy (non-hydrogen) atoms. The Morgan fingerprint density at radius 3 is 2.38 bits per heavy atom. The molecule has 0 amide bonds. The monoisotopic (exact) mass is 361 g/mol. The van der Waals surface area contributed by atoms with E-state index in [-0.39, 0.29) is 16.9 Å². The number of H-pyrrole nitrogens is 1. The normalized spacial score (nSPS) is 15.0. The van der Waals surface area contributed by atoms with E-state index in [1.54, 1.807) is 11.9 Å². The molecule has 0 bridgehead atoms. The van der Waals surface area contributed by atoms with Crippen LogP contribution in [0.5, 0.6) is 0 Å². The summed E-state index contributed by atoms with van der Waals surface area (Å²) in [4.78, 5) is 22.9. The van der Waals surface area contributed by atoms with Gasteiger partial charge in [-0.2, -0.15) is 10.1 Å². The molecule has 0 atom stereocenters. The number of nitrogens with one attached hydrogen (secondary N) is 1. The first-order valence-corrected chi connectivity index (χ1v) is 8.10. The maximum absolute atomic E-state index is 14.1. The molecule has 1 aromatic carbocycles. The molecular formula is C16H17F2N7O. The number of aryl methyl sites for hydroxylation is 1. The molecule has 0 spiro atoms. The number of nitrogen functional groups attached to an aromatic ring is 1. The third-order valence-corrected chi connectivity index (χ3v) is 4.52. The van der Waals surface area contributed by atoms with E-state index < -0.39 is 11.6 Å². The van der Waals surface area contributed by atoms with E-state index in [1.165, 1.54) is 10.9 Å². The van der Waals surface area contributed by atoms with Crippen LogP contribution in [-0.4, -0.2) is 45.9 Å². The van der Waals surface area contributed by atoms with Crippen LogP contribution in [0.1, 0.15) is 0 Å². The maximum atomic E-state index is 14.1. The molecule has 0 aliphatic carbocycles. The number of piperazine rings is 1. The lowest BCUT2D eigenvalue weighted by molar-refractivity contribution is 0.555. The molecule has 0 saturated carbocycles. The predicted octanol–water partition coefficient (Wildman–Crippen LogP) is 0.844. The lowest BCUT2D eigenvalue weighted by Crippen LogP contribution is -2.48. The van der Waals surface area contributed by atoms with Crippen molar-refractivity contribution in [3.05, 3.63) is 40.3 Å². The number of nitrogens with two attached hydrogens (primary N) is 1. The minimum Gasteiger partial charge on any atom is -0.399 e. The second kappa shape index (κ2) is 5.97. The number of benzene rings is 1. The van der Waals surface area contributed by atoms with Gasteiger partial charge >= 0.3 is 0 Å². The highest BCUT2D eigenvalue weighted by Gasteiger charge is 2.24. The molecule has 3 N–H and O–H groups in total. The molecule has 0 radical (unpaired) electrons. The van der Waals surface area contributed by atoms with Gasteiger partial charge in [-0.05, 0) is 12.1 Å². The van der Waals surface area contributed by atoms with Crippen LogP contribution in [0.25, 0.3) is 11.0 Å². The van der Waals surface area contributed by atoms with Gasteiger partial charge in [0.25, 0.3) is 5.56 Å². The van der Waals surface area contributed by atoms with Crippen molar-refractivity contribution in [2.24, 2.45) is 7.05 Å². The van der Waals surface area contributed by atoms with Gasteiger partial charge in [-0.1, -0.05) is 0 Å². The fraction of sp³-hybridized carbons (Fsp3) is 0.312. The molecule has 1 aliphatic heterocycles. The molecule has 0 unspecified atom stereocenters. The van der Waals surface area contributed by atoms with E-state index in [0.29, 0.717) is 43.2 Å². The summed E-state index contributed by atoms with van der Waals surface area (Å²) in [7, 11) is 1.71. The molecule has 3 aromatic rings. The highest BCUT2D eigenvalue weighted by Crippen LogP contribution is 2.27. The van der Waals surface area contributed by atoms with Crippen molar-refractivity contribution < 1.29 is 8.78 Å². The number of fused-ring (bicyclic) bond motifs is 1. The Balaban J connectivity index is 1.58. The Kier molecular flexibility index (Phi) is 3.74. The summed E-state index contributed by atoms with van der Waals surface area (Å²) in [5.74, 6) is -0.943. The van der Waals surface area contributed by atoms with E-state index in [0.717, 1.165) is 12.1 Å². The predicted molar refractivity (Wildman–Crippen MR) is 94.3 cm³/mol. The largest absolute Gasteiger partial charge is 0.399 e. The quantitative estimate of drug-likeness (QED) is 0.657. The lowest BCUT2D eigenvalue weighted by Gasteiger charge is -2.36. The fourth-order valence-corrected chi connectivity index (χ4v) is 3.20. The molecule has 1 aliphatic rings. The van der Waals surface area contributed by atoms with Gasteiger partial charge in [-0.25, -0.2) is 8.78 Å². The summed E-state index contributed by atoms with van der Waals surface area (Å²) in [6.07, 6.45) is 1.47. The van der Waals surface area contributed by atoms with Crippen LogP contribution < -0.4 is 21.1 Å². The van der Waals surface area contributed by atoms with Crippen LogP contribution in [0.15, 0.2) is 23.1 Å². The molecule has 1 saturated heterocycles. The number of hydrogen-bond acceptors (Lipinski definition) is 6. The van der Waals surface area contributed by atoms with Crippen molar-refractivity contribution in [2.45, 2.75) is 0 Å². The van der Waals surface area contributed by atoms with Crippen molar-refractivity contribution in [3.63, 3.8) is 0 Å². The second-order valence-corrected chi connectivity index (χ2v) is 6.20. The van der Waals surface area contributed by atoms with Crippen LogP contribution in [0.4, 0.5) is 26.1 Å². The van der Waals surface area contributed by atoms with Gasteiger partial charge < -0.3 is 15.5 Å². The van der Waals surface area contributed by atoms with Gasteiger partial charge in [0.15, 0.2) is 17.3 Å².